The Morgan fingerprint density at radius 3 is 2.62 bits per heavy atom. The van der Waals surface area contributed by atoms with E-state index in [1.54, 1.807) is 13.8 Å². The second-order valence-electron chi connectivity index (χ2n) is 2.97. The molecule has 0 aromatic heterocycles. The second kappa shape index (κ2) is 5.84. The average molecular weight is 291 g/mol. The van der Waals surface area contributed by atoms with Crippen LogP contribution >= 0.6 is 15.9 Å². The van der Waals surface area contributed by atoms with Crippen molar-refractivity contribution in [3.05, 3.63) is 22.4 Å². The quantitative estimate of drug-likeness (QED) is 0.630. The van der Waals surface area contributed by atoms with E-state index in [4.69, 9.17) is 9.47 Å². The molecule has 5 heteroatoms. The largest absolute Gasteiger partial charge is 0.490 e. The van der Waals surface area contributed by atoms with Crippen molar-refractivity contribution < 1.29 is 18.7 Å². The van der Waals surface area contributed by atoms with Gasteiger partial charge in [0, 0.05) is 18.6 Å². The van der Waals surface area contributed by atoms with Gasteiger partial charge in [-0.3, -0.25) is 4.79 Å². The molecule has 3 nitrogen and oxygen atoms in total. The molecule has 0 fully saturated rings. The minimum atomic E-state index is -0.498. The SMILES string of the molecule is CCOc1cc(Br)c(F)cc1OC(=O)CC. The second-order valence-corrected chi connectivity index (χ2v) is 3.83. The lowest BCUT2D eigenvalue weighted by molar-refractivity contribution is -0.134. The van der Waals surface area contributed by atoms with E-state index in [1.165, 1.54) is 6.07 Å². The molecule has 0 saturated carbocycles. The van der Waals surface area contributed by atoms with E-state index in [0.717, 1.165) is 6.07 Å². The Morgan fingerprint density at radius 1 is 1.38 bits per heavy atom. The van der Waals surface area contributed by atoms with Crippen molar-refractivity contribution in [3.63, 3.8) is 0 Å². The van der Waals surface area contributed by atoms with Crippen LogP contribution in [0, 0.1) is 5.82 Å². The van der Waals surface area contributed by atoms with Crippen molar-refractivity contribution in [2.75, 3.05) is 6.61 Å². The predicted octanol–water partition coefficient (Wildman–Crippen LogP) is 3.30. The van der Waals surface area contributed by atoms with Crippen molar-refractivity contribution >= 4 is 21.9 Å². The zero-order valence-corrected chi connectivity index (χ0v) is 10.6. The summed E-state index contributed by atoms with van der Waals surface area (Å²) in [6.45, 7) is 3.87. The maximum atomic E-state index is 13.3. The van der Waals surface area contributed by atoms with Crippen molar-refractivity contribution in [1.82, 2.24) is 0 Å². The Hall–Kier alpha value is -1.10. The minimum absolute atomic E-state index is 0.106. The van der Waals surface area contributed by atoms with Crippen LogP contribution < -0.4 is 9.47 Å². The van der Waals surface area contributed by atoms with E-state index in [9.17, 15) is 9.18 Å². The zero-order valence-electron chi connectivity index (χ0n) is 9.05. The van der Waals surface area contributed by atoms with Crippen LogP contribution in [-0.4, -0.2) is 12.6 Å². The Kier molecular flexibility index (Phi) is 4.73. The highest BCUT2D eigenvalue weighted by Gasteiger charge is 2.13. The normalized spacial score (nSPS) is 10.0. The molecular formula is C11H12BrFO3. The average Bonchev–Trinajstić information content (AvgIpc) is 2.25. The number of halogens is 2. The highest BCUT2D eigenvalue weighted by Crippen LogP contribution is 2.33. The van der Waals surface area contributed by atoms with E-state index >= 15 is 0 Å². The first-order valence-corrected chi connectivity index (χ1v) is 5.70. The Labute approximate surface area is 102 Å². The fraction of sp³-hybridized carbons (Fsp3) is 0.364. The standard InChI is InChI=1S/C11H12BrFO3/c1-3-11(14)16-10-6-8(13)7(12)5-9(10)15-4-2/h5-6H,3-4H2,1-2H3. The first-order chi connectivity index (χ1) is 7.58. The number of carbonyl (C=O) groups excluding carboxylic acids is 1. The van der Waals surface area contributed by atoms with E-state index < -0.39 is 11.8 Å². The smallest absolute Gasteiger partial charge is 0.311 e. The number of hydrogen-bond acceptors (Lipinski definition) is 3. The molecule has 0 aliphatic heterocycles. The number of hydrogen-bond donors (Lipinski definition) is 0. The van der Waals surface area contributed by atoms with Crippen LogP contribution in [0.4, 0.5) is 4.39 Å². The summed E-state index contributed by atoms with van der Waals surface area (Å²) in [7, 11) is 0. The predicted molar refractivity (Wildman–Crippen MR) is 61.2 cm³/mol. The molecular weight excluding hydrogens is 279 g/mol. The molecule has 0 saturated heterocycles. The molecule has 0 radical (unpaired) electrons. The summed E-state index contributed by atoms with van der Waals surface area (Å²) >= 11 is 3.04. The summed E-state index contributed by atoms with van der Waals surface area (Å²) in [6, 6.07) is 2.57. The molecule has 0 heterocycles. The van der Waals surface area contributed by atoms with E-state index in [0.29, 0.717) is 12.4 Å². The summed E-state index contributed by atoms with van der Waals surface area (Å²) in [5, 5.41) is 0. The molecule has 0 amide bonds. The lowest BCUT2D eigenvalue weighted by Gasteiger charge is -2.10. The molecule has 0 aliphatic rings. The number of esters is 1. The lowest BCUT2D eigenvalue weighted by atomic mass is 10.3. The Morgan fingerprint density at radius 2 is 2.06 bits per heavy atom. The lowest BCUT2D eigenvalue weighted by Crippen LogP contribution is -2.07. The van der Waals surface area contributed by atoms with Crippen LogP contribution in [0.3, 0.4) is 0 Å². The summed E-state index contributed by atoms with van der Waals surface area (Å²) in [4.78, 5) is 11.1. The van der Waals surface area contributed by atoms with E-state index in [-0.39, 0.29) is 16.6 Å². The van der Waals surface area contributed by atoms with Crippen LogP contribution in [0.5, 0.6) is 11.5 Å². The van der Waals surface area contributed by atoms with Crippen LogP contribution in [0.1, 0.15) is 20.3 Å². The first kappa shape index (κ1) is 13.0. The van der Waals surface area contributed by atoms with Gasteiger partial charge in [-0.25, -0.2) is 4.39 Å². The molecule has 1 rings (SSSR count). The van der Waals surface area contributed by atoms with E-state index in [1.807, 2.05) is 0 Å². The highest BCUT2D eigenvalue weighted by molar-refractivity contribution is 9.10. The number of benzene rings is 1. The maximum Gasteiger partial charge on any atom is 0.311 e. The van der Waals surface area contributed by atoms with Crippen LogP contribution in [0.15, 0.2) is 16.6 Å². The molecule has 0 unspecified atom stereocenters. The summed E-state index contributed by atoms with van der Waals surface area (Å²) < 4.78 is 23.7. The van der Waals surface area contributed by atoms with Crippen molar-refractivity contribution in [2.45, 2.75) is 20.3 Å². The first-order valence-electron chi connectivity index (χ1n) is 4.91. The third kappa shape index (κ3) is 3.20. The topological polar surface area (TPSA) is 35.5 Å². The van der Waals surface area contributed by atoms with Crippen LogP contribution in [-0.2, 0) is 4.79 Å². The maximum absolute atomic E-state index is 13.3. The highest BCUT2D eigenvalue weighted by atomic mass is 79.9. The van der Waals surface area contributed by atoms with Crippen molar-refractivity contribution in [3.8, 4) is 11.5 Å². The van der Waals surface area contributed by atoms with Gasteiger partial charge in [0.2, 0.25) is 0 Å². The van der Waals surface area contributed by atoms with Crippen molar-refractivity contribution in [1.29, 1.82) is 0 Å². The van der Waals surface area contributed by atoms with Crippen molar-refractivity contribution in [2.24, 2.45) is 0 Å². The van der Waals surface area contributed by atoms with Gasteiger partial charge in [0.1, 0.15) is 5.82 Å². The number of ether oxygens (including phenoxy) is 2. The fourth-order valence-corrected chi connectivity index (χ4v) is 1.38. The van der Waals surface area contributed by atoms with Gasteiger partial charge in [-0.05, 0) is 22.9 Å². The van der Waals surface area contributed by atoms with Crippen LogP contribution in [0.25, 0.3) is 0 Å². The molecule has 1 aromatic carbocycles. The molecule has 0 N–H and O–H groups in total. The summed E-state index contributed by atoms with van der Waals surface area (Å²) in [5.41, 5.74) is 0. The Balaban J connectivity index is 3.03. The molecule has 88 valence electrons. The summed E-state index contributed by atoms with van der Waals surface area (Å²) in [6.07, 6.45) is 0.225. The molecule has 0 atom stereocenters. The molecule has 1 aromatic rings. The fourth-order valence-electron chi connectivity index (χ4n) is 1.05. The minimum Gasteiger partial charge on any atom is -0.490 e. The van der Waals surface area contributed by atoms with Gasteiger partial charge < -0.3 is 9.47 Å². The third-order valence-electron chi connectivity index (χ3n) is 1.80. The molecule has 0 aliphatic carbocycles. The monoisotopic (exact) mass is 290 g/mol. The molecule has 0 spiro atoms. The summed E-state index contributed by atoms with van der Waals surface area (Å²) in [5.74, 6) is -0.475. The van der Waals surface area contributed by atoms with Gasteiger partial charge in [-0.15, -0.1) is 0 Å². The van der Waals surface area contributed by atoms with E-state index in [2.05, 4.69) is 15.9 Å². The van der Waals surface area contributed by atoms with Gasteiger partial charge in [0.05, 0.1) is 11.1 Å². The third-order valence-corrected chi connectivity index (χ3v) is 2.41. The zero-order chi connectivity index (χ0) is 12.1. The number of rotatable bonds is 4. The number of carbonyl (C=O) groups is 1. The van der Waals surface area contributed by atoms with Gasteiger partial charge in [-0.2, -0.15) is 0 Å². The van der Waals surface area contributed by atoms with Gasteiger partial charge in [0.15, 0.2) is 11.5 Å². The molecule has 16 heavy (non-hydrogen) atoms. The van der Waals surface area contributed by atoms with Gasteiger partial charge >= 0.3 is 5.97 Å². The molecule has 0 bridgehead atoms. The van der Waals surface area contributed by atoms with Gasteiger partial charge in [0.25, 0.3) is 0 Å². The van der Waals surface area contributed by atoms with Crippen LogP contribution in [0.2, 0.25) is 0 Å². The Bertz CT molecular complexity index is 393. The van der Waals surface area contributed by atoms with Gasteiger partial charge in [-0.1, -0.05) is 6.92 Å².